The number of ether oxygens (including phenoxy) is 1. The molecular formula is C15H21F4NO. The van der Waals surface area contributed by atoms with Crippen LogP contribution in [0.5, 0.6) is 5.75 Å². The van der Waals surface area contributed by atoms with E-state index in [1.54, 1.807) is 6.07 Å². The summed E-state index contributed by atoms with van der Waals surface area (Å²) < 4.78 is 55.4. The number of rotatable bonds is 8. The molecule has 1 atom stereocenters. The van der Waals surface area contributed by atoms with Gasteiger partial charge < -0.3 is 10.1 Å². The van der Waals surface area contributed by atoms with Crippen molar-refractivity contribution in [2.45, 2.75) is 44.8 Å². The third kappa shape index (κ3) is 6.80. The van der Waals surface area contributed by atoms with Gasteiger partial charge >= 0.3 is 6.18 Å². The molecular weight excluding hydrogens is 286 g/mol. The summed E-state index contributed by atoms with van der Waals surface area (Å²) in [5.74, 6) is -0.368. The first-order valence-electron chi connectivity index (χ1n) is 6.98. The summed E-state index contributed by atoms with van der Waals surface area (Å²) >= 11 is 0. The van der Waals surface area contributed by atoms with Crippen molar-refractivity contribution >= 4 is 0 Å². The maximum Gasteiger partial charge on any atom is 0.389 e. The minimum absolute atomic E-state index is 0.0167. The highest BCUT2D eigenvalue weighted by molar-refractivity contribution is 5.29. The fraction of sp³-hybridized carbons (Fsp3) is 0.600. The summed E-state index contributed by atoms with van der Waals surface area (Å²) in [6, 6.07) is 4.16. The van der Waals surface area contributed by atoms with E-state index in [0.29, 0.717) is 18.5 Å². The number of hydrogen-bond acceptors (Lipinski definition) is 2. The predicted molar refractivity (Wildman–Crippen MR) is 74.0 cm³/mol. The second kappa shape index (κ2) is 8.22. The first-order chi connectivity index (χ1) is 9.85. The molecule has 0 saturated heterocycles. The monoisotopic (exact) mass is 307 g/mol. The van der Waals surface area contributed by atoms with Crippen molar-refractivity contribution in [2.24, 2.45) is 0 Å². The molecule has 0 spiro atoms. The zero-order valence-corrected chi connectivity index (χ0v) is 12.3. The number of hydrogen-bond donors (Lipinski definition) is 1. The summed E-state index contributed by atoms with van der Waals surface area (Å²) in [6.45, 7) is 2.59. The van der Waals surface area contributed by atoms with Crippen LogP contribution in [0.1, 0.15) is 31.7 Å². The van der Waals surface area contributed by atoms with Gasteiger partial charge in [-0.3, -0.25) is 0 Å². The Labute approximate surface area is 122 Å². The lowest BCUT2D eigenvalue weighted by Gasteiger charge is -2.19. The van der Waals surface area contributed by atoms with Crippen molar-refractivity contribution in [3.05, 3.63) is 29.6 Å². The lowest BCUT2D eigenvalue weighted by molar-refractivity contribution is -0.136. The summed E-state index contributed by atoms with van der Waals surface area (Å²) in [5, 5.41) is 3.08. The molecule has 0 radical (unpaired) electrons. The van der Waals surface area contributed by atoms with Gasteiger partial charge in [-0.25, -0.2) is 4.39 Å². The van der Waals surface area contributed by atoms with Crippen LogP contribution in [0.15, 0.2) is 18.2 Å². The van der Waals surface area contributed by atoms with Crippen molar-refractivity contribution in [3.63, 3.8) is 0 Å². The Kier molecular flexibility index (Phi) is 6.95. The van der Waals surface area contributed by atoms with Gasteiger partial charge in [0.2, 0.25) is 0 Å². The molecule has 6 heteroatoms. The van der Waals surface area contributed by atoms with E-state index in [2.05, 4.69) is 5.32 Å². The molecule has 1 aromatic carbocycles. The fourth-order valence-electron chi connectivity index (χ4n) is 2.08. The van der Waals surface area contributed by atoms with Gasteiger partial charge in [-0.15, -0.1) is 0 Å². The molecule has 0 heterocycles. The van der Waals surface area contributed by atoms with E-state index in [9.17, 15) is 17.6 Å². The van der Waals surface area contributed by atoms with E-state index in [1.807, 2.05) is 6.92 Å². The molecule has 21 heavy (non-hydrogen) atoms. The Hall–Kier alpha value is -1.30. The molecule has 0 aliphatic carbocycles. The van der Waals surface area contributed by atoms with Crippen LogP contribution < -0.4 is 10.1 Å². The molecule has 0 fully saturated rings. The van der Waals surface area contributed by atoms with Gasteiger partial charge in [-0.1, -0.05) is 13.0 Å². The van der Waals surface area contributed by atoms with Gasteiger partial charge in [0, 0.05) is 12.5 Å². The summed E-state index contributed by atoms with van der Waals surface area (Å²) in [5.41, 5.74) is 0.657. The normalized spacial score (nSPS) is 13.2. The molecule has 0 bridgehead atoms. The summed E-state index contributed by atoms with van der Waals surface area (Å²) in [4.78, 5) is 0. The van der Waals surface area contributed by atoms with E-state index in [0.717, 1.165) is 6.42 Å². The largest absolute Gasteiger partial charge is 0.494 e. The number of alkyl halides is 3. The second-order valence-corrected chi connectivity index (χ2v) is 4.98. The molecule has 0 amide bonds. The second-order valence-electron chi connectivity index (χ2n) is 4.98. The fourth-order valence-corrected chi connectivity index (χ4v) is 2.08. The van der Waals surface area contributed by atoms with Gasteiger partial charge in [0.25, 0.3) is 0 Å². The molecule has 120 valence electrons. The number of nitrogens with one attached hydrogen (secondary N) is 1. The molecule has 0 saturated carbocycles. The van der Waals surface area contributed by atoms with Crippen molar-refractivity contribution in [1.29, 1.82) is 0 Å². The summed E-state index contributed by atoms with van der Waals surface area (Å²) in [7, 11) is 1.37. The molecule has 0 aliphatic rings. The van der Waals surface area contributed by atoms with Gasteiger partial charge in [0.1, 0.15) is 0 Å². The van der Waals surface area contributed by atoms with E-state index < -0.39 is 18.4 Å². The van der Waals surface area contributed by atoms with E-state index in [4.69, 9.17) is 4.74 Å². The highest BCUT2D eigenvalue weighted by atomic mass is 19.4. The van der Waals surface area contributed by atoms with Crippen LogP contribution in [0, 0.1) is 5.82 Å². The lowest BCUT2D eigenvalue weighted by Crippen LogP contribution is -2.33. The Morgan fingerprint density at radius 2 is 2.00 bits per heavy atom. The Bertz CT molecular complexity index is 434. The third-order valence-electron chi connectivity index (χ3n) is 3.16. The zero-order valence-electron chi connectivity index (χ0n) is 12.3. The van der Waals surface area contributed by atoms with Gasteiger partial charge in [-0.05, 0) is 43.5 Å². The average Bonchev–Trinajstić information content (AvgIpc) is 2.41. The Balaban J connectivity index is 2.68. The lowest BCUT2D eigenvalue weighted by atomic mass is 10.0. The van der Waals surface area contributed by atoms with Crippen LogP contribution in [-0.2, 0) is 6.42 Å². The maximum atomic E-state index is 13.6. The van der Waals surface area contributed by atoms with Crippen LogP contribution >= 0.6 is 0 Å². The molecule has 0 aromatic heterocycles. The smallest absolute Gasteiger partial charge is 0.389 e. The minimum atomic E-state index is -4.17. The van der Waals surface area contributed by atoms with Crippen molar-refractivity contribution in [2.75, 3.05) is 13.7 Å². The molecule has 1 unspecified atom stereocenters. The first kappa shape index (κ1) is 17.8. The number of halogens is 4. The SMILES string of the molecule is CCCNC(CCC(F)(F)F)Cc1ccc(OC)c(F)c1. The van der Waals surface area contributed by atoms with Crippen LogP contribution in [0.4, 0.5) is 17.6 Å². The van der Waals surface area contributed by atoms with Crippen LogP contribution in [-0.4, -0.2) is 25.9 Å². The predicted octanol–water partition coefficient (Wildman–Crippen LogP) is 4.09. The molecule has 1 N–H and O–H groups in total. The van der Waals surface area contributed by atoms with E-state index >= 15 is 0 Å². The number of benzene rings is 1. The van der Waals surface area contributed by atoms with Crippen molar-refractivity contribution in [1.82, 2.24) is 5.32 Å². The standard InChI is InChI=1S/C15H21F4NO/c1-3-8-20-12(6-7-15(17,18)19)9-11-4-5-14(21-2)13(16)10-11/h4-5,10,12,20H,3,6-9H2,1-2H3. The van der Waals surface area contributed by atoms with Crippen molar-refractivity contribution < 1.29 is 22.3 Å². The Morgan fingerprint density at radius 1 is 1.29 bits per heavy atom. The minimum Gasteiger partial charge on any atom is -0.494 e. The zero-order chi connectivity index (χ0) is 15.9. The highest BCUT2D eigenvalue weighted by Gasteiger charge is 2.28. The summed E-state index contributed by atoms with van der Waals surface area (Å²) in [6.07, 6.45) is -3.84. The van der Waals surface area contributed by atoms with Crippen molar-refractivity contribution in [3.8, 4) is 5.75 Å². The highest BCUT2D eigenvalue weighted by Crippen LogP contribution is 2.24. The van der Waals surface area contributed by atoms with Gasteiger partial charge in [0.15, 0.2) is 11.6 Å². The Morgan fingerprint density at radius 3 is 2.52 bits per heavy atom. The third-order valence-corrected chi connectivity index (χ3v) is 3.16. The van der Waals surface area contributed by atoms with E-state index in [-0.39, 0.29) is 18.2 Å². The van der Waals surface area contributed by atoms with Crippen LogP contribution in [0.2, 0.25) is 0 Å². The molecule has 1 rings (SSSR count). The quantitative estimate of drug-likeness (QED) is 0.731. The maximum absolute atomic E-state index is 13.6. The van der Waals surface area contributed by atoms with Crippen LogP contribution in [0.3, 0.4) is 0 Å². The molecule has 1 aromatic rings. The molecule has 2 nitrogen and oxygen atoms in total. The topological polar surface area (TPSA) is 21.3 Å². The van der Waals surface area contributed by atoms with Gasteiger partial charge in [0.05, 0.1) is 7.11 Å². The first-order valence-corrected chi connectivity index (χ1v) is 6.98. The van der Waals surface area contributed by atoms with E-state index in [1.165, 1.54) is 19.2 Å². The number of methoxy groups -OCH3 is 1. The average molecular weight is 307 g/mol. The van der Waals surface area contributed by atoms with Gasteiger partial charge in [-0.2, -0.15) is 13.2 Å². The van der Waals surface area contributed by atoms with Crippen LogP contribution in [0.25, 0.3) is 0 Å². The molecule has 0 aliphatic heterocycles.